The number of esters is 1. The maximum atomic E-state index is 11.8. The van der Waals surface area contributed by atoms with Crippen LogP contribution in [-0.2, 0) is 19.1 Å². The van der Waals surface area contributed by atoms with E-state index >= 15 is 0 Å². The Morgan fingerprint density at radius 3 is 1.88 bits per heavy atom. The minimum Gasteiger partial charge on any atom is -0.466 e. The van der Waals surface area contributed by atoms with E-state index < -0.39 is 0 Å². The summed E-state index contributed by atoms with van der Waals surface area (Å²) in [5.41, 5.74) is 0. The lowest BCUT2D eigenvalue weighted by atomic mass is 9.84. The summed E-state index contributed by atoms with van der Waals surface area (Å²) in [4.78, 5) is 24.4. The number of aliphatic hydroxyl groups is 1. The van der Waals surface area contributed by atoms with Crippen molar-refractivity contribution in [2.24, 2.45) is 5.92 Å². The Balaban J connectivity index is 0.00000112. The fraction of sp³-hybridized carbons (Fsp3) is 0.946. The van der Waals surface area contributed by atoms with Crippen LogP contribution in [-0.4, -0.2) is 68.3 Å². The first kappa shape index (κ1) is 42.0. The summed E-state index contributed by atoms with van der Waals surface area (Å²) in [6.45, 7) is 8.06. The molecule has 256 valence electrons. The van der Waals surface area contributed by atoms with Crippen molar-refractivity contribution in [1.82, 2.24) is 4.90 Å². The highest BCUT2D eigenvalue weighted by molar-refractivity contribution is 5.69. The first-order valence-electron chi connectivity index (χ1n) is 18.6. The maximum absolute atomic E-state index is 11.8. The molecule has 6 heteroatoms. The van der Waals surface area contributed by atoms with Crippen molar-refractivity contribution in [3.8, 4) is 0 Å². The fourth-order valence-electron chi connectivity index (χ4n) is 6.01. The molecule has 0 aromatic heterocycles. The van der Waals surface area contributed by atoms with E-state index in [1.54, 1.807) is 0 Å². The van der Waals surface area contributed by atoms with Crippen molar-refractivity contribution in [2.75, 3.05) is 40.0 Å². The monoisotopic (exact) mass is 612 g/mol. The standard InChI is InChI=1S/C25H49NO4.C12H24O/c1-2-3-4-5-6-12-17-24-30-25(29)18-13-8-7-9-14-19-26(21-23-28)20-15-10-11-16-22-27;1-3-4-5-6-11-7-9-12(13-2)10-8-11/h22,28H,2-21,23-24H2,1H3;11-12H,3-10H2,1-2H3. The summed E-state index contributed by atoms with van der Waals surface area (Å²) in [5, 5.41) is 9.21. The van der Waals surface area contributed by atoms with E-state index in [-0.39, 0.29) is 12.6 Å². The van der Waals surface area contributed by atoms with E-state index in [0.717, 1.165) is 83.2 Å². The van der Waals surface area contributed by atoms with Crippen LogP contribution in [0.2, 0.25) is 0 Å². The van der Waals surface area contributed by atoms with Crippen LogP contribution in [0.5, 0.6) is 0 Å². The number of aldehydes is 1. The van der Waals surface area contributed by atoms with Gasteiger partial charge in [0, 0.05) is 26.5 Å². The van der Waals surface area contributed by atoms with Crippen LogP contribution in [0.4, 0.5) is 0 Å². The summed E-state index contributed by atoms with van der Waals surface area (Å²) in [6.07, 6.45) is 31.1. The molecule has 1 N–H and O–H groups in total. The molecule has 43 heavy (non-hydrogen) atoms. The van der Waals surface area contributed by atoms with Crippen molar-refractivity contribution >= 4 is 12.3 Å². The zero-order valence-corrected chi connectivity index (χ0v) is 29.0. The molecule has 0 saturated heterocycles. The molecule has 0 bridgehead atoms. The molecule has 0 atom stereocenters. The summed E-state index contributed by atoms with van der Waals surface area (Å²) in [6, 6.07) is 0. The highest BCUT2D eigenvalue weighted by Gasteiger charge is 2.20. The molecule has 1 fully saturated rings. The predicted molar refractivity (Wildman–Crippen MR) is 182 cm³/mol. The Morgan fingerprint density at radius 1 is 0.721 bits per heavy atom. The number of hydrogen-bond donors (Lipinski definition) is 1. The second-order valence-electron chi connectivity index (χ2n) is 12.8. The molecular weight excluding hydrogens is 538 g/mol. The minimum absolute atomic E-state index is 0.0373. The Morgan fingerprint density at radius 2 is 1.28 bits per heavy atom. The second kappa shape index (κ2) is 33.9. The van der Waals surface area contributed by atoms with Crippen LogP contribution in [0.25, 0.3) is 0 Å². The summed E-state index contributed by atoms with van der Waals surface area (Å²) in [7, 11) is 1.85. The van der Waals surface area contributed by atoms with Crippen molar-refractivity contribution in [2.45, 2.75) is 180 Å². The largest absolute Gasteiger partial charge is 0.466 e. The van der Waals surface area contributed by atoms with Crippen molar-refractivity contribution < 1.29 is 24.2 Å². The van der Waals surface area contributed by atoms with Crippen molar-refractivity contribution in [3.63, 3.8) is 0 Å². The van der Waals surface area contributed by atoms with E-state index in [2.05, 4.69) is 18.7 Å². The number of unbranched alkanes of at least 4 members (excludes halogenated alkanes) is 15. The van der Waals surface area contributed by atoms with E-state index in [1.807, 2.05) is 7.11 Å². The fourth-order valence-corrected chi connectivity index (χ4v) is 6.01. The maximum Gasteiger partial charge on any atom is 0.305 e. The SMILES string of the molecule is CCCCCC1CCC(OC)CC1.CCCCCCCCCOC(=O)CCCCCCCN(CCO)CCCCCC=O. The minimum atomic E-state index is -0.0373. The lowest BCUT2D eigenvalue weighted by Crippen LogP contribution is -2.29. The van der Waals surface area contributed by atoms with Gasteiger partial charge in [-0.15, -0.1) is 0 Å². The van der Waals surface area contributed by atoms with Crippen LogP contribution in [0.1, 0.15) is 174 Å². The van der Waals surface area contributed by atoms with Crippen LogP contribution in [0.15, 0.2) is 0 Å². The number of carbonyl (C=O) groups is 2. The van der Waals surface area contributed by atoms with Gasteiger partial charge < -0.3 is 24.3 Å². The molecule has 6 nitrogen and oxygen atoms in total. The first-order valence-corrected chi connectivity index (χ1v) is 18.6. The van der Waals surface area contributed by atoms with Gasteiger partial charge >= 0.3 is 5.97 Å². The van der Waals surface area contributed by atoms with Gasteiger partial charge in [0.15, 0.2) is 0 Å². The van der Waals surface area contributed by atoms with Gasteiger partial charge in [-0.3, -0.25) is 4.79 Å². The summed E-state index contributed by atoms with van der Waals surface area (Å²) in [5.74, 6) is 0.975. The molecule has 1 rings (SSSR count). The van der Waals surface area contributed by atoms with E-state index in [1.165, 1.54) is 96.3 Å². The number of hydrogen-bond acceptors (Lipinski definition) is 6. The highest BCUT2D eigenvalue weighted by atomic mass is 16.5. The molecule has 0 amide bonds. The van der Waals surface area contributed by atoms with E-state index in [0.29, 0.717) is 25.6 Å². The number of rotatable bonds is 29. The molecule has 0 aromatic rings. The number of carbonyl (C=O) groups excluding carboxylic acids is 2. The van der Waals surface area contributed by atoms with Crippen LogP contribution >= 0.6 is 0 Å². The molecule has 1 saturated carbocycles. The molecule has 0 unspecified atom stereocenters. The lowest BCUT2D eigenvalue weighted by Gasteiger charge is -2.27. The topological polar surface area (TPSA) is 76.1 Å². The Labute approximate surface area is 267 Å². The number of aliphatic hydroxyl groups excluding tert-OH is 1. The molecule has 1 aliphatic carbocycles. The third-order valence-corrected chi connectivity index (χ3v) is 8.92. The van der Waals surface area contributed by atoms with E-state index in [9.17, 15) is 14.7 Å². The summed E-state index contributed by atoms with van der Waals surface area (Å²) < 4.78 is 10.7. The van der Waals surface area contributed by atoms with Crippen molar-refractivity contribution in [3.05, 3.63) is 0 Å². The smallest absolute Gasteiger partial charge is 0.305 e. The van der Waals surface area contributed by atoms with Gasteiger partial charge in [-0.05, 0) is 76.8 Å². The second-order valence-corrected chi connectivity index (χ2v) is 12.8. The van der Waals surface area contributed by atoms with E-state index in [4.69, 9.17) is 9.47 Å². The molecule has 0 aromatic carbocycles. The van der Waals surface area contributed by atoms with Gasteiger partial charge in [-0.25, -0.2) is 0 Å². The Kier molecular flexibility index (Phi) is 33.1. The quantitative estimate of drug-likeness (QED) is 0.0516. The van der Waals surface area contributed by atoms with Crippen LogP contribution in [0.3, 0.4) is 0 Å². The molecule has 1 aliphatic rings. The van der Waals surface area contributed by atoms with Crippen molar-refractivity contribution in [1.29, 1.82) is 0 Å². The van der Waals surface area contributed by atoms with Crippen LogP contribution in [0, 0.1) is 5.92 Å². The highest BCUT2D eigenvalue weighted by Crippen LogP contribution is 2.29. The summed E-state index contributed by atoms with van der Waals surface area (Å²) >= 11 is 0. The molecule has 0 heterocycles. The number of ether oxygens (including phenoxy) is 2. The number of nitrogens with zero attached hydrogens (tertiary/aromatic N) is 1. The third-order valence-electron chi connectivity index (χ3n) is 8.92. The Hall–Kier alpha value is -0.980. The van der Waals surface area contributed by atoms with Gasteiger partial charge in [0.2, 0.25) is 0 Å². The van der Waals surface area contributed by atoms with Gasteiger partial charge in [-0.2, -0.15) is 0 Å². The van der Waals surface area contributed by atoms with Crippen LogP contribution < -0.4 is 0 Å². The Bertz CT molecular complexity index is 577. The lowest BCUT2D eigenvalue weighted by molar-refractivity contribution is -0.143. The predicted octanol–water partition coefficient (Wildman–Crippen LogP) is 9.45. The molecule has 0 aliphatic heterocycles. The average molecular weight is 612 g/mol. The first-order chi connectivity index (χ1) is 21.1. The normalized spacial score (nSPS) is 16.6. The zero-order chi connectivity index (χ0) is 31.6. The van der Waals surface area contributed by atoms with Gasteiger partial charge in [0.1, 0.15) is 6.29 Å². The third kappa shape index (κ3) is 29.5. The number of methoxy groups -OCH3 is 1. The van der Waals surface area contributed by atoms with Gasteiger partial charge in [0.25, 0.3) is 0 Å². The average Bonchev–Trinajstić information content (AvgIpc) is 3.02. The van der Waals surface area contributed by atoms with Gasteiger partial charge in [-0.1, -0.05) is 104 Å². The molecule has 0 spiro atoms. The molecule has 0 radical (unpaired) electrons. The molecular formula is C37H73NO5. The zero-order valence-electron chi connectivity index (χ0n) is 29.0. The van der Waals surface area contributed by atoms with Gasteiger partial charge in [0.05, 0.1) is 19.3 Å².